The molecule has 1 atom stereocenters. The fourth-order valence-corrected chi connectivity index (χ4v) is 1.39. The number of rotatable bonds is 4. The van der Waals surface area contributed by atoms with E-state index in [4.69, 9.17) is 11.6 Å². The highest BCUT2D eigenvalue weighted by molar-refractivity contribution is 6.31. The van der Waals surface area contributed by atoms with Crippen LogP contribution in [0.2, 0.25) is 5.02 Å². The molecular weight excluding hydrogens is 260 g/mol. The van der Waals surface area contributed by atoms with Crippen molar-refractivity contribution in [3.8, 4) is 0 Å². The van der Waals surface area contributed by atoms with Gasteiger partial charge in [0.2, 0.25) is 0 Å². The first-order valence-electron chi connectivity index (χ1n) is 5.08. The molecule has 6 nitrogen and oxygen atoms in total. The number of hydrogen-bond donors (Lipinski definition) is 1. The van der Waals surface area contributed by atoms with Crippen LogP contribution in [0, 0.1) is 10.1 Å². The lowest BCUT2D eigenvalue weighted by molar-refractivity contribution is -0.385. The summed E-state index contributed by atoms with van der Waals surface area (Å²) in [6.45, 7) is 2.82. The zero-order chi connectivity index (χ0) is 13.9. The Labute approximate surface area is 108 Å². The highest BCUT2D eigenvalue weighted by atomic mass is 35.5. The van der Waals surface area contributed by atoms with Crippen molar-refractivity contribution in [2.45, 2.75) is 19.9 Å². The number of benzene rings is 1. The first kappa shape index (κ1) is 14.1. The molecule has 0 fully saturated rings. The number of carbonyl (C=O) groups is 2. The minimum Gasteiger partial charge on any atom is -0.342 e. The molecule has 7 heteroatoms. The summed E-state index contributed by atoms with van der Waals surface area (Å²) in [6.07, 6.45) is 0. The topological polar surface area (TPSA) is 89.3 Å². The summed E-state index contributed by atoms with van der Waals surface area (Å²) in [5.74, 6) is -0.916. The van der Waals surface area contributed by atoms with Crippen LogP contribution < -0.4 is 5.32 Å². The number of amides is 1. The second-order valence-electron chi connectivity index (χ2n) is 3.72. The first-order chi connectivity index (χ1) is 8.32. The summed E-state index contributed by atoms with van der Waals surface area (Å²) in [6, 6.07) is 3.02. The van der Waals surface area contributed by atoms with Crippen molar-refractivity contribution in [1.29, 1.82) is 0 Å². The molecule has 0 heterocycles. The third kappa shape index (κ3) is 3.27. The molecule has 1 N–H and O–H groups in total. The summed E-state index contributed by atoms with van der Waals surface area (Å²) in [5.41, 5.74) is -0.520. The molecule has 96 valence electrons. The van der Waals surface area contributed by atoms with E-state index in [0.29, 0.717) is 0 Å². The van der Waals surface area contributed by atoms with Crippen LogP contribution in [0.25, 0.3) is 0 Å². The van der Waals surface area contributed by atoms with Crippen molar-refractivity contribution in [2.24, 2.45) is 0 Å². The number of nitrogens with zero attached hydrogens (tertiary/aromatic N) is 1. The van der Waals surface area contributed by atoms with Crippen LogP contribution in [0.5, 0.6) is 0 Å². The van der Waals surface area contributed by atoms with Crippen molar-refractivity contribution >= 4 is 29.0 Å². The lowest BCUT2D eigenvalue weighted by Gasteiger charge is -2.10. The minimum absolute atomic E-state index is 0.127. The molecule has 0 aliphatic heterocycles. The van der Waals surface area contributed by atoms with Crippen LogP contribution in [-0.4, -0.2) is 22.7 Å². The van der Waals surface area contributed by atoms with E-state index in [1.165, 1.54) is 26.0 Å². The molecular formula is C11H11ClN2O4. The molecule has 1 amide bonds. The van der Waals surface area contributed by atoms with E-state index in [2.05, 4.69) is 5.32 Å². The highest BCUT2D eigenvalue weighted by Crippen LogP contribution is 2.23. The lowest BCUT2D eigenvalue weighted by Crippen LogP contribution is -2.37. The first-order valence-corrected chi connectivity index (χ1v) is 5.46. The van der Waals surface area contributed by atoms with E-state index in [1.807, 2.05) is 0 Å². The molecule has 0 radical (unpaired) electrons. The third-order valence-corrected chi connectivity index (χ3v) is 2.59. The van der Waals surface area contributed by atoms with Gasteiger partial charge in [-0.25, -0.2) is 0 Å². The zero-order valence-corrected chi connectivity index (χ0v) is 10.5. The number of nitrogens with one attached hydrogen (secondary N) is 1. The number of carbonyl (C=O) groups excluding carboxylic acids is 2. The van der Waals surface area contributed by atoms with Gasteiger partial charge in [0, 0.05) is 11.1 Å². The maximum absolute atomic E-state index is 11.8. The Hall–Kier alpha value is -1.95. The van der Waals surface area contributed by atoms with Gasteiger partial charge < -0.3 is 5.32 Å². The van der Waals surface area contributed by atoms with Crippen LogP contribution >= 0.6 is 11.6 Å². The summed E-state index contributed by atoms with van der Waals surface area (Å²) in [5, 5.41) is 13.3. The minimum atomic E-state index is -0.701. The number of ketones is 1. The lowest BCUT2D eigenvalue weighted by atomic mass is 10.1. The Morgan fingerprint density at radius 2 is 2.06 bits per heavy atom. The van der Waals surface area contributed by atoms with Crippen LogP contribution in [-0.2, 0) is 4.79 Å². The Bertz CT molecular complexity index is 516. The van der Waals surface area contributed by atoms with Crippen molar-refractivity contribution < 1.29 is 14.5 Å². The van der Waals surface area contributed by atoms with Gasteiger partial charge in [-0.3, -0.25) is 19.7 Å². The molecule has 0 aliphatic carbocycles. The molecule has 0 saturated heterocycles. The molecule has 0 spiro atoms. The predicted molar refractivity (Wildman–Crippen MR) is 65.7 cm³/mol. The van der Waals surface area contributed by atoms with Gasteiger partial charge in [-0.2, -0.15) is 0 Å². The Morgan fingerprint density at radius 3 is 2.56 bits per heavy atom. The van der Waals surface area contributed by atoms with Gasteiger partial charge in [-0.05, 0) is 26.0 Å². The Morgan fingerprint density at radius 1 is 1.44 bits per heavy atom. The average molecular weight is 271 g/mol. The van der Waals surface area contributed by atoms with Crippen molar-refractivity contribution in [3.63, 3.8) is 0 Å². The fraction of sp³-hybridized carbons (Fsp3) is 0.273. The van der Waals surface area contributed by atoms with E-state index in [0.717, 1.165) is 6.07 Å². The number of hydrogen-bond acceptors (Lipinski definition) is 4. The third-order valence-electron chi connectivity index (χ3n) is 2.36. The standard InChI is InChI=1S/C11H11ClN2O4/c1-6(7(2)15)13-11(16)9-4-3-8(12)5-10(9)14(17)18/h3-6H,1-2H3,(H,13,16). The molecule has 1 rings (SSSR count). The number of halogens is 1. The Kier molecular flexibility index (Phi) is 4.38. The van der Waals surface area contributed by atoms with Gasteiger partial charge in [0.15, 0.2) is 5.78 Å². The van der Waals surface area contributed by atoms with Crippen molar-refractivity contribution in [3.05, 3.63) is 38.9 Å². The number of Topliss-reactive ketones (excluding diaryl/α,β-unsaturated/α-hetero) is 1. The smallest absolute Gasteiger partial charge is 0.283 e. The van der Waals surface area contributed by atoms with Crippen LogP contribution in [0.3, 0.4) is 0 Å². The number of nitro benzene ring substituents is 1. The summed E-state index contributed by atoms with van der Waals surface area (Å²) in [4.78, 5) is 32.9. The van der Waals surface area contributed by atoms with E-state index < -0.39 is 22.6 Å². The fourth-order valence-electron chi connectivity index (χ4n) is 1.22. The second-order valence-corrected chi connectivity index (χ2v) is 4.16. The van der Waals surface area contributed by atoms with E-state index >= 15 is 0 Å². The van der Waals surface area contributed by atoms with Gasteiger partial charge in [-0.15, -0.1) is 0 Å². The Balaban J connectivity index is 3.06. The highest BCUT2D eigenvalue weighted by Gasteiger charge is 2.22. The molecule has 18 heavy (non-hydrogen) atoms. The van der Waals surface area contributed by atoms with Gasteiger partial charge in [0.1, 0.15) is 5.56 Å². The summed E-state index contributed by atoms with van der Waals surface area (Å²) < 4.78 is 0. The van der Waals surface area contributed by atoms with Crippen LogP contribution in [0.1, 0.15) is 24.2 Å². The second kappa shape index (κ2) is 5.59. The van der Waals surface area contributed by atoms with Crippen molar-refractivity contribution in [2.75, 3.05) is 0 Å². The zero-order valence-electron chi connectivity index (χ0n) is 9.77. The summed E-state index contributed by atoms with van der Waals surface area (Å²) in [7, 11) is 0. The van der Waals surface area contributed by atoms with Gasteiger partial charge in [0.05, 0.1) is 11.0 Å². The molecule has 1 unspecified atom stereocenters. The van der Waals surface area contributed by atoms with Gasteiger partial charge in [0.25, 0.3) is 11.6 Å². The van der Waals surface area contributed by atoms with E-state index in [-0.39, 0.29) is 16.4 Å². The van der Waals surface area contributed by atoms with Crippen LogP contribution in [0.4, 0.5) is 5.69 Å². The van der Waals surface area contributed by atoms with E-state index in [9.17, 15) is 19.7 Å². The molecule has 0 bridgehead atoms. The summed E-state index contributed by atoms with van der Waals surface area (Å²) >= 11 is 5.63. The average Bonchev–Trinajstić information content (AvgIpc) is 2.28. The SMILES string of the molecule is CC(=O)C(C)NC(=O)c1ccc(Cl)cc1[N+](=O)[O-]. The normalized spacial score (nSPS) is 11.7. The van der Waals surface area contributed by atoms with Crippen LogP contribution in [0.15, 0.2) is 18.2 Å². The monoisotopic (exact) mass is 270 g/mol. The maximum atomic E-state index is 11.8. The number of nitro groups is 1. The molecule has 1 aromatic carbocycles. The molecule has 0 aliphatic rings. The quantitative estimate of drug-likeness (QED) is 0.669. The largest absolute Gasteiger partial charge is 0.342 e. The van der Waals surface area contributed by atoms with E-state index in [1.54, 1.807) is 0 Å². The molecule has 0 aromatic heterocycles. The molecule has 1 aromatic rings. The predicted octanol–water partition coefficient (Wildman–Crippen LogP) is 1.96. The maximum Gasteiger partial charge on any atom is 0.283 e. The molecule has 0 saturated carbocycles. The van der Waals surface area contributed by atoms with Gasteiger partial charge in [-0.1, -0.05) is 11.6 Å². The van der Waals surface area contributed by atoms with Gasteiger partial charge >= 0.3 is 0 Å². The van der Waals surface area contributed by atoms with Crippen molar-refractivity contribution in [1.82, 2.24) is 5.32 Å².